The van der Waals surface area contributed by atoms with Crippen molar-refractivity contribution in [1.29, 1.82) is 0 Å². The highest BCUT2D eigenvalue weighted by Gasteiger charge is 2.24. The number of rotatable bonds is 4. The molecule has 3 N–H and O–H groups in total. The number of hydrogen-bond acceptors (Lipinski definition) is 5. The van der Waals surface area contributed by atoms with Crippen LogP contribution in [0.1, 0.15) is 33.5 Å². The van der Waals surface area contributed by atoms with E-state index in [0.29, 0.717) is 27.1 Å². The van der Waals surface area contributed by atoms with Crippen molar-refractivity contribution in [2.75, 3.05) is 10.6 Å². The molecule has 5 rings (SSSR count). The number of ether oxygens (including phenoxy) is 1. The molecule has 1 aliphatic rings. The van der Waals surface area contributed by atoms with Crippen molar-refractivity contribution in [3.05, 3.63) is 99.2 Å². The summed E-state index contributed by atoms with van der Waals surface area (Å²) in [4.78, 5) is 12.7. The quantitative estimate of drug-likeness (QED) is 0.234. The Morgan fingerprint density at radius 2 is 1.81 bits per heavy atom. The number of amides is 1. The molecule has 3 aromatic carbocycles. The first kappa shape index (κ1) is 24.2. The summed E-state index contributed by atoms with van der Waals surface area (Å²) in [6.45, 7) is 4.16. The molecule has 0 saturated heterocycles. The molecular formula is C27H21Cl2N3O3S. The summed E-state index contributed by atoms with van der Waals surface area (Å²) in [6.07, 6.45) is -0.276. The molecule has 9 heteroatoms. The fourth-order valence-electron chi connectivity index (χ4n) is 3.82. The van der Waals surface area contributed by atoms with E-state index < -0.39 is 5.91 Å². The van der Waals surface area contributed by atoms with Crippen LogP contribution < -0.4 is 20.7 Å². The van der Waals surface area contributed by atoms with E-state index in [1.54, 1.807) is 30.3 Å². The van der Waals surface area contributed by atoms with Gasteiger partial charge in [0.25, 0.3) is 5.91 Å². The molecule has 4 aromatic rings. The average Bonchev–Trinajstić information content (AvgIpc) is 3.49. The highest BCUT2D eigenvalue weighted by molar-refractivity contribution is 7.80. The fourth-order valence-corrected chi connectivity index (χ4v) is 4.41. The van der Waals surface area contributed by atoms with Crippen LogP contribution >= 0.6 is 35.4 Å². The molecule has 0 saturated carbocycles. The zero-order valence-corrected chi connectivity index (χ0v) is 21.6. The van der Waals surface area contributed by atoms with Crippen LogP contribution in [0.2, 0.25) is 10.0 Å². The summed E-state index contributed by atoms with van der Waals surface area (Å²) in [5.41, 5.74) is 5.60. The van der Waals surface area contributed by atoms with Crippen molar-refractivity contribution >= 4 is 57.8 Å². The standard InChI is InChI=1S/C27H21Cl2N3O3S/c1-14-3-4-16(11-15(14)2)26-31-21-13-18(6-8-23(21)35-26)30-27(36)32-25(33)24-10-9-22(34-24)19-12-17(28)5-7-20(19)29/h3-13,26,31H,1-2H3,(H2,30,32,33,36). The molecule has 1 amide bonds. The molecule has 1 atom stereocenters. The van der Waals surface area contributed by atoms with Gasteiger partial charge in [-0.3, -0.25) is 10.1 Å². The maximum atomic E-state index is 12.7. The largest absolute Gasteiger partial charge is 0.464 e. The molecule has 0 radical (unpaired) electrons. The van der Waals surface area contributed by atoms with Gasteiger partial charge in [0.15, 0.2) is 17.1 Å². The van der Waals surface area contributed by atoms with E-state index >= 15 is 0 Å². The van der Waals surface area contributed by atoms with Crippen molar-refractivity contribution in [3.8, 4) is 17.1 Å². The van der Waals surface area contributed by atoms with Crippen molar-refractivity contribution in [2.45, 2.75) is 20.1 Å². The number of hydrogen-bond donors (Lipinski definition) is 3. The van der Waals surface area contributed by atoms with Gasteiger partial charge in [0.05, 0.1) is 10.7 Å². The zero-order valence-electron chi connectivity index (χ0n) is 19.3. The zero-order chi connectivity index (χ0) is 25.4. The Labute approximate surface area is 223 Å². The van der Waals surface area contributed by atoms with Crippen molar-refractivity contribution in [2.24, 2.45) is 0 Å². The summed E-state index contributed by atoms with van der Waals surface area (Å²) < 4.78 is 11.7. The number of furan rings is 1. The van der Waals surface area contributed by atoms with E-state index in [1.165, 1.54) is 11.1 Å². The predicted molar refractivity (Wildman–Crippen MR) is 147 cm³/mol. The number of thiocarbonyl (C=S) groups is 1. The summed E-state index contributed by atoms with van der Waals surface area (Å²) in [6, 6.07) is 20.0. The Hall–Kier alpha value is -3.52. The number of nitrogens with one attached hydrogen (secondary N) is 3. The van der Waals surface area contributed by atoms with Crippen LogP contribution in [0.3, 0.4) is 0 Å². The Bertz CT molecular complexity index is 1500. The number of benzene rings is 3. The maximum Gasteiger partial charge on any atom is 0.293 e. The summed E-state index contributed by atoms with van der Waals surface area (Å²) in [5, 5.41) is 10.1. The van der Waals surface area contributed by atoms with Gasteiger partial charge >= 0.3 is 0 Å². The van der Waals surface area contributed by atoms with Crippen molar-refractivity contribution < 1.29 is 13.9 Å². The highest BCUT2D eigenvalue weighted by atomic mass is 35.5. The second kappa shape index (κ2) is 9.85. The molecule has 1 aromatic heterocycles. The number of fused-ring (bicyclic) bond motifs is 1. The molecule has 0 spiro atoms. The Kier molecular flexibility index (Phi) is 6.62. The van der Waals surface area contributed by atoms with E-state index in [4.69, 9.17) is 44.6 Å². The third kappa shape index (κ3) is 5.04. The van der Waals surface area contributed by atoms with E-state index in [-0.39, 0.29) is 17.1 Å². The van der Waals surface area contributed by atoms with Gasteiger partial charge in [-0.1, -0.05) is 41.4 Å². The number of carbonyl (C=O) groups excluding carboxylic acids is 1. The van der Waals surface area contributed by atoms with Gasteiger partial charge in [-0.2, -0.15) is 0 Å². The molecule has 0 bridgehead atoms. The molecule has 6 nitrogen and oxygen atoms in total. The molecule has 1 unspecified atom stereocenters. The molecule has 36 heavy (non-hydrogen) atoms. The van der Waals surface area contributed by atoms with Crippen LogP contribution in [0, 0.1) is 13.8 Å². The summed E-state index contributed by atoms with van der Waals surface area (Å²) in [7, 11) is 0. The lowest BCUT2D eigenvalue weighted by Gasteiger charge is -2.13. The first-order valence-electron chi connectivity index (χ1n) is 11.1. The second-order valence-electron chi connectivity index (χ2n) is 8.39. The Balaban J connectivity index is 1.22. The highest BCUT2D eigenvalue weighted by Crippen LogP contribution is 2.39. The van der Waals surface area contributed by atoms with Crippen LogP contribution in [0.15, 0.2) is 71.1 Å². The summed E-state index contributed by atoms with van der Waals surface area (Å²) in [5.74, 6) is 0.760. The lowest BCUT2D eigenvalue weighted by Crippen LogP contribution is -2.33. The lowest BCUT2D eigenvalue weighted by molar-refractivity contribution is 0.0951. The van der Waals surface area contributed by atoms with Gasteiger partial charge in [-0.05, 0) is 85.7 Å². The summed E-state index contributed by atoms with van der Waals surface area (Å²) >= 11 is 17.6. The molecule has 182 valence electrons. The average molecular weight is 538 g/mol. The maximum absolute atomic E-state index is 12.7. The second-order valence-corrected chi connectivity index (χ2v) is 9.65. The molecule has 2 heterocycles. The predicted octanol–water partition coefficient (Wildman–Crippen LogP) is 7.50. The molecular weight excluding hydrogens is 517 g/mol. The van der Waals surface area contributed by atoms with Crippen LogP contribution in [0.4, 0.5) is 11.4 Å². The van der Waals surface area contributed by atoms with Gasteiger partial charge in [-0.25, -0.2) is 0 Å². The number of halogens is 2. The number of anilines is 2. The van der Waals surface area contributed by atoms with Crippen molar-refractivity contribution in [1.82, 2.24) is 5.32 Å². The SMILES string of the molecule is Cc1ccc(C2Nc3cc(NC(=S)NC(=O)c4ccc(-c5cc(Cl)ccc5Cl)o4)ccc3O2)cc1C. The molecule has 1 aliphatic heterocycles. The molecule has 0 fully saturated rings. The van der Waals surface area contributed by atoms with Gasteiger partial charge in [0.2, 0.25) is 0 Å². The topological polar surface area (TPSA) is 75.5 Å². The van der Waals surface area contributed by atoms with Gasteiger partial charge < -0.3 is 19.8 Å². The minimum atomic E-state index is -0.491. The van der Waals surface area contributed by atoms with E-state index in [2.05, 4.69) is 48.0 Å². The minimum Gasteiger partial charge on any atom is -0.464 e. The van der Waals surface area contributed by atoms with Crippen LogP contribution in [0.25, 0.3) is 11.3 Å². The first-order chi connectivity index (χ1) is 17.3. The van der Waals surface area contributed by atoms with Gasteiger partial charge in [0.1, 0.15) is 11.5 Å². The van der Waals surface area contributed by atoms with Crippen LogP contribution in [-0.2, 0) is 0 Å². The Morgan fingerprint density at radius 1 is 0.972 bits per heavy atom. The Morgan fingerprint density at radius 3 is 2.61 bits per heavy atom. The van der Waals surface area contributed by atoms with E-state index in [0.717, 1.165) is 17.0 Å². The minimum absolute atomic E-state index is 0.0884. The van der Waals surface area contributed by atoms with Gasteiger partial charge in [-0.15, -0.1) is 0 Å². The molecule has 0 aliphatic carbocycles. The van der Waals surface area contributed by atoms with Gasteiger partial charge in [0, 0.05) is 21.8 Å². The number of carbonyl (C=O) groups is 1. The fraction of sp³-hybridized carbons (Fsp3) is 0.111. The van der Waals surface area contributed by atoms with Crippen molar-refractivity contribution in [3.63, 3.8) is 0 Å². The van der Waals surface area contributed by atoms with E-state index in [9.17, 15) is 4.79 Å². The third-order valence-electron chi connectivity index (χ3n) is 5.85. The smallest absolute Gasteiger partial charge is 0.293 e. The monoisotopic (exact) mass is 537 g/mol. The van der Waals surface area contributed by atoms with Crippen LogP contribution in [-0.4, -0.2) is 11.0 Å². The van der Waals surface area contributed by atoms with E-state index in [1.807, 2.05) is 18.2 Å². The normalized spacial score (nSPS) is 13.9. The number of aryl methyl sites for hydroxylation is 2. The first-order valence-corrected chi connectivity index (χ1v) is 12.3. The lowest BCUT2D eigenvalue weighted by atomic mass is 10.1. The van der Waals surface area contributed by atoms with Crippen LogP contribution in [0.5, 0.6) is 5.75 Å². The third-order valence-corrected chi connectivity index (χ3v) is 6.62.